The minimum atomic E-state index is -0.147. The number of hydrogen-bond acceptors (Lipinski definition) is 1. The lowest BCUT2D eigenvalue weighted by molar-refractivity contribution is 0.630. The van der Waals surface area contributed by atoms with E-state index in [1.807, 2.05) is 0 Å². The summed E-state index contributed by atoms with van der Waals surface area (Å²) in [5, 5.41) is 2.59. The van der Waals surface area contributed by atoms with Gasteiger partial charge in [-0.1, -0.05) is 149 Å². The number of aromatic nitrogens is 1. The van der Waals surface area contributed by atoms with E-state index in [0.717, 1.165) is 11.4 Å². The van der Waals surface area contributed by atoms with Crippen molar-refractivity contribution in [3.63, 3.8) is 0 Å². The Labute approximate surface area is 328 Å². The molecule has 0 saturated carbocycles. The number of rotatable bonds is 5. The van der Waals surface area contributed by atoms with E-state index in [9.17, 15) is 0 Å². The topological polar surface area (TPSA) is 8.17 Å². The van der Waals surface area contributed by atoms with Crippen LogP contribution in [0.25, 0.3) is 60.9 Å². The van der Waals surface area contributed by atoms with Crippen LogP contribution in [0.1, 0.15) is 49.9 Å². The molecule has 2 nitrogen and oxygen atoms in total. The van der Waals surface area contributed by atoms with Crippen LogP contribution in [0.4, 0.5) is 17.1 Å². The standard InChI is InChI=1S/C54H42N2/c1-53(2)46-20-12-11-18-42(46)43-29-28-41(34-48(43)53)55(39-16-9-6-10-17-39)40-26-22-36(23-27-40)37-24-30-50-45(32-37)44-19-13-21-47-52(44)56(50)51-31-25-38(33-49(51)54(47,3)4)35-14-7-5-8-15-35/h5-34H,1-4H3. The minimum absolute atomic E-state index is 0.0703. The Morgan fingerprint density at radius 1 is 0.375 bits per heavy atom. The van der Waals surface area contributed by atoms with Gasteiger partial charge in [0.05, 0.1) is 16.7 Å². The largest absolute Gasteiger partial charge is 0.310 e. The SMILES string of the molecule is CC1(C)c2ccccc2-c2ccc(N(c3ccccc3)c3ccc(-c4ccc5c(c4)c4cccc6c4n5-c4ccc(-c5ccccc5)cc4C6(C)C)cc3)cc21. The van der Waals surface area contributed by atoms with Crippen molar-refractivity contribution in [1.29, 1.82) is 0 Å². The molecule has 0 saturated heterocycles. The maximum atomic E-state index is 2.51. The van der Waals surface area contributed by atoms with Gasteiger partial charge in [0.25, 0.3) is 0 Å². The Bertz CT molecular complexity index is 3000. The Balaban J connectivity index is 1.00. The van der Waals surface area contributed by atoms with Gasteiger partial charge in [-0.05, 0) is 116 Å². The molecule has 8 aromatic carbocycles. The van der Waals surface area contributed by atoms with Crippen molar-refractivity contribution >= 4 is 38.9 Å². The predicted molar refractivity (Wildman–Crippen MR) is 236 cm³/mol. The summed E-state index contributed by atoms with van der Waals surface area (Å²) in [5.74, 6) is 0. The Hall–Kier alpha value is -6.64. The number of hydrogen-bond donors (Lipinski definition) is 0. The highest BCUT2D eigenvalue weighted by Crippen LogP contribution is 2.51. The summed E-state index contributed by atoms with van der Waals surface area (Å²) >= 11 is 0. The molecule has 0 bridgehead atoms. The molecule has 1 aromatic heterocycles. The summed E-state index contributed by atoms with van der Waals surface area (Å²) in [6.45, 7) is 9.46. The third-order valence-corrected chi connectivity index (χ3v) is 12.8. The molecule has 2 heterocycles. The smallest absolute Gasteiger partial charge is 0.0582 e. The molecule has 56 heavy (non-hydrogen) atoms. The van der Waals surface area contributed by atoms with E-state index < -0.39 is 0 Å². The first-order valence-corrected chi connectivity index (χ1v) is 19.8. The molecular weight excluding hydrogens is 677 g/mol. The second-order valence-electron chi connectivity index (χ2n) is 16.6. The molecule has 9 aromatic rings. The fourth-order valence-corrected chi connectivity index (χ4v) is 9.85. The second-order valence-corrected chi connectivity index (χ2v) is 16.6. The van der Waals surface area contributed by atoms with Gasteiger partial charge in [0.1, 0.15) is 0 Å². The Kier molecular flexibility index (Phi) is 6.98. The summed E-state index contributed by atoms with van der Waals surface area (Å²) in [5.41, 5.74) is 20.2. The van der Waals surface area contributed by atoms with Crippen molar-refractivity contribution in [3.8, 4) is 39.1 Å². The molecule has 2 heteroatoms. The molecule has 1 aliphatic carbocycles. The lowest BCUT2D eigenvalue weighted by Gasteiger charge is -2.35. The van der Waals surface area contributed by atoms with Crippen LogP contribution < -0.4 is 4.90 Å². The molecule has 1 aliphatic heterocycles. The lowest BCUT2D eigenvalue weighted by Crippen LogP contribution is -2.26. The van der Waals surface area contributed by atoms with Crippen molar-refractivity contribution in [2.75, 3.05) is 4.90 Å². The fourth-order valence-electron chi connectivity index (χ4n) is 9.85. The molecule has 0 spiro atoms. The second kappa shape index (κ2) is 11.9. The fraction of sp³-hybridized carbons (Fsp3) is 0.111. The summed E-state index contributed by atoms with van der Waals surface area (Å²) in [4.78, 5) is 2.39. The van der Waals surface area contributed by atoms with E-state index in [0.29, 0.717) is 0 Å². The molecular formula is C54H42N2. The molecule has 0 unspecified atom stereocenters. The number of anilines is 3. The van der Waals surface area contributed by atoms with Gasteiger partial charge in [-0.3, -0.25) is 0 Å². The van der Waals surface area contributed by atoms with E-state index in [-0.39, 0.29) is 10.8 Å². The normalized spacial score (nSPS) is 14.4. The molecule has 0 fully saturated rings. The van der Waals surface area contributed by atoms with Gasteiger partial charge < -0.3 is 9.47 Å². The van der Waals surface area contributed by atoms with Crippen molar-refractivity contribution in [2.45, 2.75) is 38.5 Å². The Morgan fingerprint density at radius 3 is 1.77 bits per heavy atom. The van der Waals surface area contributed by atoms with Crippen LogP contribution in [0.2, 0.25) is 0 Å². The first-order valence-electron chi connectivity index (χ1n) is 19.8. The predicted octanol–water partition coefficient (Wildman–Crippen LogP) is 14.5. The lowest BCUT2D eigenvalue weighted by atomic mass is 9.74. The highest BCUT2D eigenvalue weighted by atomic mass is 15.1. The minimum Gasteiger partial charge on any atom is -0.310 e. The summed E-state index contributed by atoms with van der Waals surface area (Å²) in [7, 11) is 0. The van der Waals surface area contributed by atoms with E-state index in [1.54, 1.807) is 0 Å². The van der Waals surface area contributed by atoms with Crippen LogP contribution in [-0.4, -0.2) is 4.57 Å². The zero-order chi connectivity index (χ0) is 37.8. The monoisotopic (exact) mass is 718 g/mol. The summed E-state index contributed by atoms with van der Waals surface area (Å²) < 4.78 is 2.51. The van der Waals surface area contributed by atoms with Crippen LogP contribution in [0.15, 0.2) is 182 Å². The number of para-hydroxylation sites is 2. The van der Waals surface area contributed by atoms with Crippen LogP contribution in [0, 0.1) is 0 Å². The molecule has 0 radical (unpaired) electrons. The van der Waals surface area contributed by atoms with Crippen LogP contribution in [-0.2, 0) is 10.8 Å². The van der Waals surface area contributed by atoms with Gasteiger partial charge in [0.2, 0.25) is 0 Å². The van der Waals surface area contributed by atoms with E-state index >= 15 is 0 Å². The van der Waals surface area contributed by atoms with Crippen LogP contribution in [0.3, 0.4) is 0 Å². The molecule has 0 amide bonds. The average molecular weight is 719 g/mol. The molecule has 11 rings (SSSR count). The van der Waals surface area contributed by atoms with Crippen molar-refractivity contribution in [2.24, 2.45) is 0 Å². The van der Waals surface area contributed by atoms with Gasteiger partial charge in [-0.2, -0.15) is 0 Å². The van der Waals surface area contributed by atoms with Gasteiger partial charge in [0.15, 0.2) is 0 Å². The molecule has 0 N–H and O–H groups in total. The maximum absolute atomic E-state index is 2.51. The van der Waals surface area contributed by atoms with E-state index in [1.165, 1.54) is 88.8 Å². The Morgan fingerprint density at radius 2 is 0.964 bits per heavy atom. The number of benzene rings is 8. The summed E-state index contributed by atoms with van der Waals surface area (Å²) in [6, 6.07) is 67.4. The van der Waals surface area contributed by atoms with Crippen LogP contribution in [0.5, 0.6) is 0 Å². The highest BCUT2D eigenvalue weighted by Gasteiger charge is 2.37. The first kappa shape index (κ1) is 32.8. The maximum Gasteiger partial charge on any atom is 0.0582 e. The number of fused-ring (bicyclic) bond motifs is 8. The first-order chi connectivity index (χ1) is 27.3. The highest BCUT2D eigenvalue weighted by molar-refractivity contribution is 6.12. The molecule has 2 aliphatic rings. The van der Waals surface area contributed by atoms with E-state index in [2.05, 4.69) is 219 Å². The van der Waals surface area contributed by atoms with Crippen LogP contribution >= 0.6 is 0 Å². The van der Waals surface area contributed by atoms with Crippen molar-refractivity contribution < 1.29 is 0 Å². The van der Waals surface area contributed by atoms with E-state index in [4.69, 9.17) is 0 Å². The quantitative estimate of drug-likeness (QED) is 0.172. The van der Waals surface area contributed by atoms with Gasteiger partial charge in [0, 0.05) is 38.7 Å². The zero-order valence-electron chi connectivity index (χ0n) is 32.2. The molecule has 0 atom stereocenters. The average Bonchev–Trinajstić information content (AvgIpc) is 3.69. The van der Waals surface area contributed by atoms with Gasteiger partial charge >= 0.3 is 0 Å². The van der Waals surface area contributed by atoms with Crippen molar-refractivity contribution in [3.05, 3.63) is 204 Å². The third-order valence-electron chi connectivity index (χ3n) is 12.8. The van der Waals surface area contributed by atoms with Gasteiger partial charge in [-0.15, -0.1) is 0 Å². The summed E-state index contributed by atoms with van der Waals surface area (Å²) in [6.07, 6.45) is 0. The van der Waals surface area contributed by atoms with Crippen molar-refractivity contribution in [1.82, 2.24) is 4.57 Å². The number of nitrogens with zero attached hydrogens (tertiary/aromatic N) is 2. The van der Waals surface area contributed by atoms with Gasteiger partial charge in [-0.25, -0.2) is 0 Å². The molecule has 268 valence electrons. The zero-order valence-corrected chi connectivity index (χ0v) is 32.2. The third kappa shape index (κ3) is 4.69.